The topological polar surface area (TPSA) is 49.8 Å². The second-order valence-electron chi connectivity index (χ2n) is 8.29. The van der Waals surface area contributed by atoms with Gasteiger partial charge >= 0.3 is 18.4 Å². The Labute approximate surface area is 179 Å². The smallest absolute Gasteiger partial charge is 0.416 e. The van der Waals surface area contributed by atoms with E-state index in [4.69, 9.17) is 4.74 Å². The summed E-state index contributed by atoms with van der Waals surface area (Å²) in [5, 5.41) is 9.59. The van der Waals surface area contributed by atoms with Crippen molar-refractivity contribution in [3.63, 3.8) is 0 Å². The molecule has 3 atom stereocenters. The Morgan fingerprint density at radius 3 is 2.16 bits per heavy atom. The quantitative estimate of drug-likeness (QED) is 0.560. The van der Waals surface area contributed by atoms with Crippen molar-refractivity contribution >= 4 is 6.09 Å². The Morgan fingerprint density at radius 1 is 1.03 bits per heavy atom. The van der Waals surface area contributed by atoms with Crippen LogP contribution in [0, 0.1) is 11.3 Å². The maximum absolute atomic E-state index is 13.1. The van der Waals surface area contributed by atoms with E-state index in [-0.39, 0.29) is 24.2 Å². The van der Waals surface area contributed by atoms with E-state index < -0.39 is 47.6 Å². The molecule has 2 fully saturated rings. The first kappa shape index (κ1) is 22.4. The van der Waals surface area contributed by atoms with E-state index in [1.54, 1.807) is 30.3 Å². The third-order valence-corrected chi connectivity index (χ3v) is 6.20. The number of amides is 1. The molecular weight excluding hydrogens is 440 g/mol. The van der Waals surface area contributed by atoms with Crippen molar-refractivity contribution in [2.45, 2.75) is 31.4 Å². The van der Waals surface area contributed by atoms with Crippen LogP contribution >= 0.6 is 0 Å². The number of halogens is 6. The second kappa shape index (κ2) is 7.68. The first-order chi connectivity index (χ1) is 14.9. The summed E-state index contributed by atoms with van der Waals surface area (Å²) in [7, 11) is 0. The summed E-state index contributed by atoms with van der Waals surface area (Å²) >= 11 is 0. The van der Waals surface area contributed by atoms with Gasteiger partial charge in [-0.05, 0) is 41.7 Å². The predicted molar refractivity (Wildman–Crippen MR) is 101 cm³/mol. The highest BCUT2D eigenvalue weighted by Gasteiger charge is 2.67. The highest BCUT2D eigenvalue weighted by Crippen LogP contribution is 2.67. The fourth-order valence-corrected chi connectivity index (χ4v) is 4.69. The summed E-state index contributed by atoms with van der Waals surface area (Å²) in [6, 6.07) is 9.82. The molecule has 4 nitrogen and oxygen atoms in total. The first-order valence-electron chi connectivity index (χ1n) is 9.82. The third-order valence-electron chi connectivity index (χ3n) is 6.20. The van der Waals surface area contributed by atoms with Gasteiger partial charge in [-0.1, -0.05) is 30.3 Å². The Hall–Kier alpha value is -2.75. The Bertz CT molecular complexity index is 975. The van der Waals surface area contributed by atoms with Crippen molar-refractivity contribution < 1.29 is 41.0 Å². The molecule has 1 unspecified atom stereocenters. The molecule has 1 N–H and O–H groups in total. The average Bonchev–Trinajstić information content (AvgIpc) is 3.30. The summed E-state index contributed by atoms with van der Waals surface area (Å²) in [6.45, 7) is -0.116. The third kappa shape index (κ3) is 4.15. The van der Waals surface area contributed by atoms with Crippen molar-refractivity contribution in [2.24, 2.45) is 11.3 Å². The molecule has 0 spiro atoms. The summed E-state index contributed by atoms with van der Waals surface area (Å²) in [6.07, 6.45) is -10.3. The molecular formula is C22H19F6NO3. The van der Waals surface area contributed by atoms with Crippen molar-refractivity contribution in [3.05, 3.63) is 70.8 Å². The lowest BCUT2D eigenvalue weighted by Gasteiger charge is -2.30. The Morgan fingerprint density at radius 2 is 1.62 bits per heavy atom. The molecule has 1 saturated carbocycles. The number of carboxylic acid groups (broad SMARTS) is 1. The number of piperidine rings is 1. The molecule has 4 rings (SSSR count). The van der Waals surface area contributed by atoms with E-state index in [9.17, 15) is 36.2 Å². The molecule has 2 aromatic rings. The minimum atomic E-state index is -4.93. The summed E-state index contributed by atoms with van der Waals surface area (Å²) in [5.74, 6) is 0.0241. The molecule has 1 saturated heterocycles. The van der Waals surface area contributed by atoms with Gasteiger partial charge in [-0.2, -0.15) is 26.3 Å². The maximum Gasteiger partial charge on any atom is 0.416 e. The zero-order valence-corrected chi connectivity index (χ0v) is 16.6. The van der Waals surface area contributed by atoms with Gasteiger partial charge in [0.05, 0.1) is 30.4 Å². The molecule has 0 radical (unpaired) electrons. The van der Waals surface area contributed by atoms with Crippen LogP contribution in [0.5, 0.6) is 0 Å². The number of benzene rings is 2. The standard InChI is InChI=1S/C22H19F6NO3/c23-21(24,25)15-6-13(7-16(8-15)22(26,27)28)11-32-12-20-9-17(20)10-29(19(30)31)18(20)14-4-2-1-3-5-14/h1-8,17-18H,9-12H2,(H,30,31)/t17?,18-,20-/m0/s1. The van der Waals surface area contributed by atoms with Crippen LogP contribution in [0.1, 0.15) is 34.7 Å². The van der Waals surface area contributed by atoms with E-state index in [1.807, 2.05) is 0 Å². The number of fused-ring (bicyclic) bond motifs is 1. The summed E-state index contributed by atoms with van der Waals surface area (Å²) in [5.41, 5.74) is -2.81. The molecule has 2 aliphatic rings. The number of hydrogen-bond donors (Lipinski definition) is 1. The van der Waals surface area contributed by atoms with Gasteiger partial charge in [-0.15, -0.1) is 0 Å². The molecule has 1 amide bonds. The number of carbonyl (C=O) groups is 1. The van der Waals surface area contributed by atoms with Gasteiger partial charge in [-0.3, -0.25) is 0 Å². The van der Waals surface area contributed by atoms with Gasteiger partial charge < -0.3 is 14.7 Å². The van der Waals surface area contributed by atoms with E-state index in [0.29, 0.717) is 25.1 Å². The van der Waals surface area contributed by atoms with Gasteiger partial charge in [0.25, 0.3) is 0 Å². The lowest BCUT2D eigenvalue weighted by atomic mass is 9.90. The van der Waals surface area contributed by atoms with Crippen LogP contribution in [0.2, 0.25) is 0 Å². The number of likely N-dealkylation sites (tertiary alicyclic amines) is 1. The van der Waals surface area contributed by atoms with Crippen LogP contribution in [0.3, 0.4) is 0 Å². The largest absolute Gasteiger partial charge is 0.465 e. The van der Waals surface area contributed by atoms with E-state index in [1.165, 1.54) is 4.90 Å². The average molecular weight is 459 g/mol. The van der Waals surface area contributed by atoms with Crippen LogP contribution in [-0.2, 0) is 23.7 Å². The Balaban J connectivity index is 1.54. The zero-order valence-electron chi connectivity index (χ0n) is 16.6. The van der Waals surface area contributed by atoms with Crippen LogP contribution in [-0.4, -0.2) is 29.3 Å². The van der Waals surface area contributed by atoms with Gasteiger partial charge in [0.2, 0.25) is 0 Å². The number of alkyl halides is 6. The summed E-state index contributed by atoms with van der Waals surface area (Å²) in [4.78, 5) is 13.0. The van der Waals surface area contributed by atoms with Crippen LogP contribution < -0.4 is 0 Å². The van der Waals surface area contributed by atoms with Gasteiger partial charge in [-0.25, -0.2) is 4.79 Å². The van der Waals surface area contributed by atoms with E-state index in [0.717, 1.165) is 5.56 Å². The minimum Gasteiger partial charge on any atom is -0.465 e. The van der Waals surface area contributed by atoms with Gasteiger partial charge in [0.15, 0.2) is 0 Å². The van der Waals surface area contributed by atoms with Crippen LogP contribution in [0.25, 0.3) is 0 Å². The Kier molecular flexibility index (Phi) is 5.39. The molecule has 10 heteroatoms. The molecule has 2 aromatic carbocycles. The maximum atomic E-state index is 13.1. The van der Waals surface area contributed by atoms with Crippen LogP contribution in [0.15, 0.2) is 48.5 Å². The highest BCUT2D eigenvalue weighted by atomic mass is 19.4. The molecule has 32 heavy (non-hydrogen) atoms. The fraction of sp³-hybridized carbons (Fsp3) is 0.409. The summed E-state index contributed by atoms with van der Waals surface area (Å²) < 4.78 is 84.0. The van der Waals surface area contributed by atoms with E-state index >= 15 is 0 Å². The van der Waals surface area contributed by atoms with Crippen LogP contribution in [0.4, 0.5) is 31.1 Å². The molecule has 1 aliphatic heterocycles. The molecule has 1 heterocycles. The number of hydrogen-bond acceptors (Lipinski definition) is 2. The monoisotopic (exact) mass is 459 g/mol. The van der Waals surface area contributed by atoms with Gasteiger partial charge in [0, 0.05) is 12.0 Å². The van der Waals surface area contributed by atoms with Crippen molar-refractivity contribution in [3.8, 4) is 0 Å². The molecule has 0 aromatic heterocycles. The first-order valence-corrected chi connectivity index (χ1v) is 9.82. The highest BCUT2D eigenvalue weighted by molar-refractivity contribution is 5.67. The predicted octanol–water partition coefficient (Wildman–Crippen LogP) is 5.98. The number of rotatable bonds is 5. The lowest BCUT2D eigenvalue weighted by molar-refractivity contribution is -0.143. The molecule has 1 aliphatic carbocycles. The van der Waals surface area contributed by atoms with Gasteiger partial charge in [0.1, 0.15) is 0 Å². The number of ether oxygens (including phenoxy) is 1. The van der Waals surface area contributed by atoms with Crippen molar-refractivity contribution in [1.29, 1.82) is 0 Å². The van der Waals surface area contributed by atoms with E-state index in [2.05, 4.69) is 0 Å². The zero-order chi connectivity index (χ0) is 23.3. The lowest BCUT2D eigenvalue weighted by Crippen LogP contribution is -2.35. The normalized spacial score (nSPS) is 25.0. The second-order valence-corrected chi connectivity index (χ2v) is 8.29. The van der Waals surface area contributed by atoms with Crippen molar-refractivity contribution in [2.75, 3.05) is 13.2 Å². The number of nitrogens with zero attached hydrogens (tertiary/aromatic N) is 1. The minimum absolute atomic E-state index is 0.0241. The van der Waals surface area contributed by atoms with Crippen molar-refractivity contribution in [1.82, 2.24) is 4.90 Å². The molecule has 0 bridgehead atoms. The molecule has 172 valence electrons. The SMILES string of the molecule is O=C(O)N1CC2C[C@@]2(COCc2cc(C(F)(F)F)cc(C(F)(F)F)c2)[C@@H]1c1ccccc1. The fourth-order valence-electron chi connectivity index (χ4n) is 4.69.